The van der Waals surface area contributed by atoms with E-state index < -0.39 is 0 Å². The largest absolute Gasteiger partial charge is 0.497 e. The molecule has 0 aliphatic rings. The first-order valence-electron chi connectivity index (χ1n) is 8.22. The first kappa shape index (κ1) is 17.4. The summed E-state index contributed by atoms with van der Waals surface area (Å²) in [5.41, 5.74) is 2.58. The Morgan fingerprint density at radius 2 is 1.46 bits per heavy atom. The topological polar surface area (TPSA) is 59.6 Å². The second kappa shape index (κ2) is 8.58. The van der Waals surface area contributed by atoms with Crippen molar-refractivity contribution in [2.45, 2.75) is 0 Å². The van der Waals surface area contributed by atoms with Crippen molar-refractivity contribution in [3.8, 4) is 11.5 Å². The quantitative estimate of drug-likeness (QED) is 0.662. The van der Waals surface area contributed by atoms with Gasteiger partial charge in [0, 0.05) is 17.1 Å². The summed E-state index contributed by atoms with van der Waals surface area (Å²) in [7, 11) is 1.60. The Morgan fingerprint density at radius 1 is 0.808 bits per heavy atom. The summed E-state index contributed by atoms with van der Waals surface area (Å²) in [4.78, 5) is 12.1. The van der Waals surface area contributed by atoms with Gasteiger partial charge in [0.25, 0.3) is 5.91 Å². The number of amides is 1. The number of benzene rings is 3. The van der Waals surface area contributed by atoms with Crippen molar-refractivity contribution in [1.82, 2.24) is 0 Å². The van der Waals surface area contributed by atoms with Crippen LogP contribution in [0.5, 0.6) is 11.5 Å². The number of nitrogens with one attached hydrogen (secondary N) is 2. The van der Waals surface area contributed by atoms with Crippen LogP contribution in [0.4, 0.5) is 17.1 Å². The van der Waals surface area contributed by atoms with E-state index in [0.29, 0.717) is 11.4 Å². The van der Waals surface area contributed by atoms with E-state index in [0.717, 1.165) is 17.1 Å². The molecule has 0 saturated heterocycles. The van der Waals surface area contributed by atoms with Gasteiger partial charge in [-0.3, -0.25) is 4.79 Å². The lowest BCUT2D eigenvalue weighted by atomic mass is 10.2. The van der Waals surface area contributed by atoms with Crippen LogP contribution in [0.1, 0.15) is 0 Å². The third-order valence-electron chi connectivity index (χ3n) is 3.64. The number of para-hydroxylation sites is 1. The van der Waals surface area contributed by atoms with Crippen LogP contribution in [0.15, 0.2) is 78.9 Å². The molecule has 26 heavy (non-hydrogen) atoms. The predicted octanol–water partition coefficient (Wildman–Crippen LogP) is 4.46. The number of methoxy groups -OCH3 is 1. The molecule has 132 valence electrons. The first-order valence-corrected chi connectivity index (χ1v) is 8.22. The summed E-state index contributed by atoms with van der Waals surface area (Å²) < 4.78 is 10.6. The summed E-state index contributed by atoms with van der Waals surface area (Å²) in [6.45, 7) is -0.0668. The third-order valence-corrected chi connectivity index (χ3v) is 3.64. The standard InChI is InChI=1S/C21H20N2O3/c1-25-19-10-12-20(13-11-19)26-15-21(24)23-18-9-5-8-17(14-18)22-16-6-3-2-4-7-16/h2-14,22H,15H2,1H3,(H,23,24). The van der Waals surface area contributed by atoms with Crippen LogP contribution in [-0.4, -0.2) is 19.6 Å². The van der Waals surface area contributed by atoms with Gasteiger partial charge in [0.15, 0.2) is 6.61 Å². The zero-order valence-corrected chi connectivity index (χ0v) is 14.4. The molecule has 3 aromatic carbocycles. The minimum absolute atomic E-state index is 0.0668. The molecule has 0 aliphatic carbocycles. The van der Waals surface area contributed by atoms with Crippen molar-refractivity contribution in [2.24, 2.45) is 0 Å². The number of carbonyl (C=O) groups is 1. The molecule has 0 atom stereocenters. The second-order valence-corrected chi connectivity index (χ2v) is 5.58. The van der Waals surface area contributed by atoms with Gasteiger partial charge in [0.05, 0.1) is 7.11 Å². The Morgan fingerprint density at radius 3 is 2.19 bits per heavy atom. The number of carbonyl (C=O) groups excluding carboxylic acids is 1. The molecule has 0 fully saturated rings. The van der Waals surface area contributed by atoms with E-state index in [9.17, 15) is 4.79 Å². The summed E-state index contributed by atoms with van der Waals surface area (Å²) in [6.07, 6.45) is 0. The molecular formula is C21H20N2O3. The third kappa shape index (κ3) is 5.01. The van der Waals surface area contributed by atoms with E-state index in [2.05, 4.69) is 10.6 Å². The highest BCUT2D eigenvalue weighted by Gasteiger charge is 2.05. The molecule has 0 aromatic heterocycles. The lowest BCUT2D eigenvalue weighted by molar-refractivity contribution is -0.118. The molecule has 0 saturated carbocycles. The van der Waals surface area contributed by atoms with E-state index in [1.54, 1.807) is 31.4 Å². The second-order valence-electron chi connectivity index (χ2n) is 5.58. The van der Waals surface area contributed by atoms with E-state index in [1.807, 2.05) is 54.6 Å². The SMILES string of the molecule is COc1ccc(OCC(=O)Nc2cccc(Nc3ccccc3)c2)cc1. The van der Waals surface area contributed by atoms with Crippen LogP contribution in [0.25, 0.3) is 0 Å². The van der Waals surface area contributed by atoms with E-state index in [4.69, 9.17) is 9.47 Å². The summed E-state index contributed by atoms with van der Waals surface area (Å²) in [5.74, 6) is 1.13. The van der Waals surface area contributed by atoms with Crippen molar-refractivity contribution in [3.63, 3.8) is 0 Å². The Labute approximate surface area is 152 Å². The lowest BCUT2D eigenvalue weighted by Gasteiger charge is -2.10. The minimum atomic E-state index is -0.224. The molecule has 5 heteroatoms. The number of hydrogen-bond donors (Lipinski definition) is 2. The first-order chi connectivity index (χ1) is 12.7. The lowest BCUT2D eigenvalue weighted by Crippen LogP contribution is -2.20. The maximum Gasteiger partial charge on any atom is 0.262 e. The fourth-order valence-corrected chi connectivity index (χ4v) is 2.38. The molecule has 0 radical (unpaired) electrons. The molecular weight excluding hydrogens is 328 g/mol. The van der Waals surface area contributed by atoms with Crippen molar-refractivity contribution in [3.05, 3.63) is 78.9 Å². The van der Waals surface area contributed by atoms with Crippen LogP contribution >= 0.6 is 0 Å². The Kier molecular flexibility index (Phi) is 5.72. The van der Waals surface area contributed by atoms with Crippen molar-refractivity contribution >= 4 is 23.0 Å². The van der Waals surface area contributed by atoms with Crippen LogP contribution in [-0.2, 0) is 4.79 Å². The molecule has 0 aliphatic heterocycles. The van der Waals surface area contributed by atoms with Gasteiger partial charge in [-0.25, -0.2) is 0 Å². The fourth-order valence-electron chi connectivity index (χ4n) is 2.38. The number of rotatable bonds is 7. The molecule has 2 N–H and O–H groups in total. The highest BCUT2D eigenvalue weighted by molar-refractivity contribution is 5.92. The van der Waals surface area contributed by atoms with Gasteiger partial charge < -0.3 is 20.1 Å². The minimum Gasteiger partial charge on any atom is -0.497 e. The van der Waals surface area contributed by atoms with E-state index in [-0.39, 0.29) is 12.5 Å². The van der Waals surface area contributed by atoms with E-state index >= 15 is 0 Å². The van der Waals surface area contributed by atoms with Gasteiger partial charge in [-0.1, -0.05) is 24.3 Å². The van der Waals surface area contributed by atoms with Crippen molar-refractivity contribution < 1.29 is 14.3 Å². The Hall–Kier alpha value is -3.47. The summed E-state index contributed by atoms with van der Waals surface area (Å²) in [5, 5.41) is 6.12. The predicted molar refractivity (Wildman–Crippen MR) is 103 cm³/mol. The maximum atomic E-state index is 12.1. The molecule has 5 nitrogen and oxygen atoms in total. The monoisotopic (exact) mass is 348 g/mol. The highest BCUT2D eigenvalue weighted by atomic mass is 16.5. The van der Waals surface area contributed by atoms with E-state index in [1.165, 1.54) is 0 Å². The van der Waals surface area contributed by atoms with Gasteiger partial charge in [-0.15, -0.1) is 0 Å². The molecule has 3 rings (SSSR count). The number of ether oxygens (including phenoxy) is 2. The molecule has 0 spiro atoms. The van der Waals surface area contributed by atoms with Crippen LogP contribution in [0.2, 0.25) is 0 Å². The average molecular weight is 348 g/mol. The Balaban J connectivity index is 1.54. The fraction of sp³-hybridized carbons (Fsp3) is 0.0952. The van der Waals surface area contributed by atoms with Gasteiger partial charge in [-0.2, -0.15) is 0 Å². The molecule has 0 heterocycles. The Bertz CT molecular complexity index is 849. The van der Waals surface area contributed by atoms with Crippen LogP contribution in [0, 0.1) is 0 Å². The van der Waals surface area contributed by atoms with Gasteiger partial charge in [0.1, 0.15) is 11.5 Å². The molecule has 3 aromatic rings. The zero-order valence-electron chi connectivity index (χ0n) is 14.4. The van der Waals surface area contributed by atoms with Crippen molar-refractivity contribution in [1.29, 1.82) is 0 Å². The van der Waals surface area contributed by atoms with Crippen LogP contribution in [0.3, 0.4) is 0 Å². The number of hydrogen-bond acceptors (Lipinski definition) is 4. The summed E-state index contributed by atoms with van der Waals surface area (Å²) in [6, 6.07) is 24.5. The smallest absolute Gasteiger partial charge is 0.262 e. The van der Waals surface area contributed by atoms with Crippen LogP contribution < -0.4 is 20.1 Å². The van der Waals surface area contributed by atoms with Gasteiger partial charge >= 0.3 is 0 Å². The van der Waals surface area contributed by atoms with Crippen molar-refractivity contribution in [2.75, 3.05) is 24.4 Å². The van der Waals surface area contributed by atoms with Gasteiger partial charge in [-0.05, 0) is 54.6 Å². The maximum absolute atomic E-state index is 12.1. The molecule has 0 unspecified atom stereocenters. The summed E-state index contributed by atoms with van der Waals surface area (Å²) >= 11 is 0. The zero-order chi connectivity index (χ0) is 18.2. The van der Waals surface area contributed by atoms with Gasteiger partial charge in [0.2, 0.25) is 0 Å². The normalized spacial score (nSPS) is 10.0. The number of anilines is 3. The average Bonchev–Trinajstić information content (AvgIpc) is 2.68. The highest BCUT2D eigenvalue weighted by Crippen LogP contribution is 2.20. The molecule has 0 bridgehead atoms. The molecule has 1 amide bonds.